The first-order chi connectivity index (χ1) is 15.5. The highest BCUT2D eigenvalue weighted by Crippen LogP contribution is 2.32. The van der Waals surface area contributed by atoms with Gasteiger partial charge in [0.2, 0.25) is 5.91 Å². The number of likely N-dealkylation sites (tertiary alicyclic amines) is 1. The molecule has 1 fully saturated rings. The molecule has 1 aliphatic heterocycles. The molecule has 0 bridgehead atoms. The van der Waals surface area contributed by atoms with Gasteiger partial charge in [-0.05, 0) is 58.2 Å². The zero-order chi connectivity index (χ0) is 24.2. The minimum absolute atomic E-state index is 0.0854. The highest BCUT2D eigenvalue weighted by Gasteiger charge is 2.31. The van der Waals surface area contributed by atoms with Crippen LogP contribution >= 0.6 is 0 Å². The molecule has 7 nitrogen and oxygen atoms in total. The summed E-state index contributed by atoms with van der Waals surface area (Å²) in [5, 5.41) is 13.6. The lowest BCUT2D eigenvalue weighted by molar-refractivity contribution is -0.137. The lowest BCUT2D eigenvalue weighted by atomic mass is 10.0. The van der Waals surface area contributed by atoms with E-state index in [0.717, 1.165) is 24.2 Å². The first kappa shape index (κ1) is 24.7. The number of carbonyl (C=O) groups is 1. The Morgan fingerprint density at radius 2 is 2.06 bits per heavy atom. The monoisotopic (exact) mass is 462 g/mol. The summed E-state index contributed by atoms with van der Waals surface area (Å²) in [5.74, 6) is -0.115. The number of halogens is 3. The molecule has 1 aromatic carbocycles. The molecule has 1 amide bonds. The van der Waals surface area contributed by atoms with E-state index in [2.05, 4.69) is 22.0 Å². The van der Waals surface area contributed by atoms with E-state index in [-0.39, 0.29) is 24.0 Å². The van der Waals surface area contributed by atoms with Crippen LogP contribution in [0.3, 0.4) is 0 Å². The Labute approximate surface area is 191 Å². The maximum atomic E-state index is 13.0. The standard InChI is InChI=1S/C23H29F3N6O/c1-16-12-20(17-6-4-7-18(13-17)23(24,25)26)29-32(16)11-9-22(2,3)30-28-15-21(33)31-10-5-8-19(31)14-27/h4,6-7,12-13,19,28,30H,5,8-11,15H2,1-3H3/t19-/m0/s1. The van der Waals surface area contributed by atoms with Gasteiger partial charge in [0.15, 0.2) is 0 Å². The van der Waals surface area contributed by atoms with Crippen molar-refractivity contribution in [1.82, 2.24) is 25.5 Å². The molecule has 1 saturated heterocycles. The molecule has 1 aromatic heterocycles. The highest BCUT2D eigenvalue weighted by atomic mass is 19.4. The van der Waals surface area contributed by atoms with Crippen molar-refractivity contribution in [3.63, 3.8) is 0 Å². The van der Waals surface area contributed by atoms with Gasteiger partial charge in [0, 0.05) is 29.9 Å². The van der Waals surface area contributed by atoms with Crippen LogP contribution in [0, 0.1) is 18.3 Å². The van der Waals surface area contributed by atoms with Crippen molar-refractivity contribution in [2.24, 2.45) is 0 Å². The van der Waals surface area contributed by atoms with Crippen LogP contribution in [0.15, 0.2) is 30.3 Å². The van der Waals surface area contributed by atoms with Gasteiger partial charge in [0.05, 0.1) is 23.9 Å². The number of nitrogens with zero attached hydrogens (tertiary/aromatic N) is 4. The van der Waals surface area contributed by atoms with Crippen molar-refractivity contribution in [3.8, 4) is 17.3 Å². The van der Waals surface area contributed by atoms with E-state index in [1.54, 1.807) is 21.7 Å². The smallest absolute Gasteiger partial charge is 0.326 e. The fraction of sp³-hybridized carbons (Fsp3) is 0.522. The Morgan fingerprint density at radius 1 is 1.30 bits per heavy atom. The number of aromatic nitrogens is 2. The zero-order valence-corrected chi connectivity index (χ0v) is 19.0. The van der Waals surface area contributed by atoms with Crippen LogP contribution in [0.5, 0.6) is 0 Å². The molecule has 33 heavy (non-hydrogen) atoms. The Bertz CT molecular complexity index is 1020. The molecule has 0 spiro atoms. The molecule has 3 rings (SSSR count). The molecule has 1 aliphatic rings. The van der Waals surface area contributed by atoms with E-state index in [0.29, 0.717) is 37.2 Å². The summed E-state index contributed by atoms with van der Waals surface area (Å²) in [6.45, 7) is 7.05. The predicted molar refractivity (Wildman–Crippen MR) is 118 cm³/mol. The van der Waals surface area contributed by atoms with Crippen molar-refractivity contribution >= 4 is 5.91 Å². The number of hydrogen-bond donors (Lipinski definition) is 2. The van der Waals surface area contributed by atoms with E-state index in [4.69, 9.17) is 5.26 Å². The summed E-state index contributed by atoms with van der Waals surface area (Å²) < 4.78 is 40.8. The SMILES string of the molecule is Cc1cc(-c2cccc(C(F)(F)F)c2)nn1CCC(C)(C)NNCC(=O)N1CCC[C@H]1C#N. The van der Waals surface area contributed by atoms with Gasteiger partial charge in [-0.25, -0.2) is 5.43 Å². The third-order valence-corrected chi connectivity index (χ3v) is 5.80. The number of nitrogens with one attached hydrogen (secondary N) is 2. The van der Waals surface area contributed by atoms with Gasteiger partial charge in [-0.3, -0.25) is 14.9 Å². The molecule has 10 heteroatoms. The fourth-order valence-corrected chi connectivity index (χ4v) is 3.84. The van der Waals surface area contributed by atoms with Gasteiger partial charge in [0.25, 0.3) is 0 Å². The van der Waals surface area contributed by atoms with Crippen LogP contribution < -0.4 is 10.9 Å². The van der Waals surface area contributed by atoms with Crippen molar-refractivity contribution in [1.29, 1.82) is 5.26 Å². The summed E-state index contributed by atoms with van der Waals surface area (Å²) in [4.78, 5) is 13.9. The van der Waals surface area contributed by atoms with Crippen LogP contribution in [0.1, 0.15) is 44.4 Å². The van der Waals surface area contributed by atoms with Gasteiger partial charge in [0.1, 0.15) is 6.04 Å². The zero-order valence-electron chi connectivity index (χ0n) is 19.0. The minimum Gasteiger partial charge on any atom is -0.326 e. The van der Waals surface area contributed by atoms with E-state index < -0.39 is 11.7 Å². The lowest BCUT2D eigenvalue weighted by Gasteiger charge is -2.28. The third kappa shape index (κ3) is 6.33. The van der Waals surface area contributed by atoms with Crippen molar-refractivity contribution in [2.75, 3.05) is 13.1 Å². The first-order valence-corrected chi connectivity index (χ1v) is 10.9. The molecule has 2 heterocycles. The van der Waals surface area contributed by atoms with Gasteiger partial charge >= 0.3 is 6.18 Å². The Hall–Kier alpha value is -2.90. The van der Waals surface area contributed by atoms with Crippen molar-refractivity contribution in [2.45, 2.75) is 64.3 Å². The average molecular weight is 463 g/mol. The number of alkyl halides is 3. The number of hydrazine groups is 1. The van der Waals surface area contributed by atoms with Crippen LogP contribution in [-0.2, 0) is 17.5 Å². The lowest BCUT2D eigenvalue weighted by Crippen LogP contribution is -2.52. The number of amides is 1. The van der Waals surface area contributed by atoms with Crippen LogP contribution in [-0.4, -0.2) is 45.3 Å². The number of rotatable bonds is 8. The topological polar surface area (TPSA) is 86.0 Å². The number of nitriles is 1. The second-order valence-corrected chi connectivity index (χ2v) is 8.96. The van der Waals surface area contributed by atoms with Gasteiger partial charge < -0.3 is 4.90 Å². The molecule has 2 N–H and O–H groups in total. The van der Waals surface area contributed by atoms with Gasteiger partial charge in [-0.15, -0.1) is 0 Å². The van der Waals surface area contributed by atoms with Crippen LogP contribution in [0.4, 0.5) is 13.2 Å². The Balaban J connectivity index is 1.55. The largest absolute Gasteiger partial charge is 0.416 e. The summed E-state index contributed by atoms with van der Waals surface area (Å²) >= 11 is 0. The van der Waals surface area contributed by atoms with Gasteiger partial charge in [-0.1, -0.05) is 12.1 Å². The molecule has 0 unspecified atom stereocenters. The van der Waals surface area contributed by atoms with E-state index >= 15 is 0 Å². The maximum absolute atomic E-state index is 13.0. The molecule has 0 saturated carbocycles. The summed E-state index contributed by atoms with van der Waals surface area (Å²) in [6, 6.07) is 8.74. The summed E-state index contributed by atoms with van der Waals surface area (Å²) in [7, 11) is 0. The van der Waals surface area contributed by atoms with E-state index in [1.165, 1.54) is 6.07 Å². The number of benzene rings is 1. The molecule has 178 valence electrons. The summed E-state index contributed by atoms with van der Waals surface area (Å²) in [5.41, 5.74) is 6.79. The molecule has 0 aliphatic carbocycles. The number of hydrogen-bond acceptors (Lipinski definition) is 5. The molecule has 1 atom stereocenters. The predicted octanol–water partition coefficient (Wildman–Crippen LogP) is 3.65. The van der Waals surface area contributed by atoms with Crippen molar-refractivity contribution < 1.29 is 18.0 Å². The first-order valence-electron chi connectivity index (χ1n) is 10.9. The molecular weight excluding hydrogens is 433 g/mol. The Kier molecular flexibility index (Phi) is 7.44. The summed E-state index contributed by atoms with van der Waals surface area (Å²) in [6.07, 6.45) is -2.19. The highest BCUT2D eigenvalue weighted by molar-refractivity contribution is 5.79. The number of aryl methyl sites for hydroxylation is 2. The fourth-order valence-electron chi connectivity index (χ4n) is 3.84. The Morgan fingerprint density at radius 3 is 2.76 bits per heavy atom. The minimum atomic E-state index is -4.40. The second kappa shape index (κ2) is 9.93. The third-order valence-electron chi connectivity index (χ3n) is 5.80. The molecular formula is C23H29F3N6O. The van der Waals surface area contributed by atoms with Crippen molar-refractivity contribution in [3.05, 3.63) is 41.6 Å². The second-order valence-electron chi connectivity index (χ2n) is 8.96. The molecule has 2 aromatic rings. The quantitative estimate of drug-likeness (QED) is 0.585. The maximum Gasteiger partial charge on any atom is 0.416 e. The van der Waals surface area contributed by atoms with Crippen LogP contribution in [0.2, 0.25) is 0 Å². The average Bonchev–Trinajstić information content (AvgIpc) is 3.38. The van der Waals surface area contributed by atoms with E-state index in [1.807, 2.05) is 20.8 Å². The van der Waals surface area contributed by atoms with Crippen LogP contribution in [0.25, 0.3) is 11.3 Å². The normalized spacial score (nSPS) is 16.8. The van der Waals surface area contributed by atoms with Gasteiger partial charge in [-0.2, -0.15) is 23.5 Å². The number of carbonyl (C=O) groups excluding carboxylic acids is 1. The van der Waals surface area contributed by atoms with E-state index in [9.17, 15) is 18.0 Å². The molecule has 0 radical (unpaired) electrons.